The lowest BCUT2D eigenvalue weighted by Gasteiger charge is -2.33. The molecule has 1 aliphatic carbocycles. The molecule has 20 heavy (non-hydrogen) atoms. The summed E-state index contributed by atoms with van der Waals surface area (Å²) in [5, 5.41) is 6.96. The molecule has 5 atom stereocenters. The summed E-state index contributed by atoms with van der Waals surface area (Å²) in [6.07, 6.45) is 9.43. The van der Waals surface area contributed by atoms with Crippen LogP contribution in [0.4, 0.5) is 0 Å². The van der Waals surface area contributed by atoms with Crippen LogP contribution >= 0.6 is 0 Å². The van der Waals surface area contributed by atoms with Crippen LogP contribution in [0.25, 0.3) is 0 Å². The second kappa shape index (κ2) is 6.05. The van der Waals surface area contributed by atoms with Gasteiger partial charge in [-0.2, -0.15) is 0 Å². The van der Waals surface area contributed by atoms with Gasteiger partial charge in [0.05, 0.1) is 0 Å². The van der Waals surface area contributed by atoms with Crippen molar-refractivity contribution in [2.45, 2.75) is 83.3 Å². The van der Waals surface area contributed by atoms with Crippen molar-refractivity contribution < 1.29 is 4.79 Å². The monoisotopic (exact) mass is 278 g/mol. The fourth-order valence-electron chi connectivity index (χ4n) is 4.57. The molecule has 0 radical (unpaired) electrons. The first-order chi connectivity index (χ1) is 9.60. The van der Waals surface area contributed by atoms with Crippen LogP contribution in [0.2, 0.25) is 0 Å². The van der Waals surface area contributed by atoms with E-state index in [2.05, 4.69) is 24.5 Å². The first-order valence-corrected chi connectivity index (χ1v) is 8.65. The molecule has 2 bridgehead atoms. The Hall–Kier alpha value is -0.570. The number of fused-ring (bicyclic) bond motifs is 2. The number of hydrogen-bond donors (Lipinski definition) is 2. The zero-order valence-corrected chi connectivity index (χ0v) is 13.0. The molecule has 2 heterocycles. The standard InChI is InChI=1S/C17H30N2O/c1-11-3-4-14(7-12(11)2)19-17(20)10-13-8-15-5-6-16(9-13)18-15/h11-16,18H,3-10H2,1-2H3,(H,19,20). The maximum absolute atomic E-state index is 12.3. The Morgan fingerprint density at radius 2 is 1.70 bits per heavy atom. The Labute approximate surface area is 123 Å². The van der Waals surface area contributed by atoms with Crippen LogP contribution in [-0.4, -0.2) is 24.0 Å². The van der Waals surface area contributed by atoms with E-state index in [1.54, 1.807) is 0 Å². The van der Waals surface area contributed by atoms with Gasteiger partial charge in [-0.15, -0.1) is 0 Å². The normalized spacial score (nSPS) is 44.3. The molecule has 3 nitrogen and oxygen atoms in total. The van der Waals surface area contributed by atoms with Crippen LogP contribution < -0.4 is 10.6 Å². The van der Waals surface area contributed by atoms with Crippen molar-refractivity contribution in [1.82, 2.24) is 10.6 Å². The van der Waals surface area contributed by atoms with Crippen LogP contribution in [-0.2, 0) is 4.79 Å². The highest BCUT2D eigenvalue weighted by Gasteiger charge is 2.34. The summed E-state index contributed by atoms with van der Waals surface area (Å²) in [6, 6.07) is 1.83. The van der Waals surface area contributed by atoms with Gasteiger partial charge in [-0.3, -0.25) is 4.79 Å². The Kier molecular flexibility index (Phi) is 4.34. The van der Waals surface area contributed by atoms with Gasteiger partial charge in [-0.25, -0.2) is 0 Å². The lowest BCUT2D eigenvalue weighted by atomic mass is 9.79. The topological polar surface area (TPSA) is 41.1 Å². The molecule has 0 aromatic rings. The molecule has 0 spiro atoms. The van der Waals surface area contributed by atoms with E-state index in [0.29, 0.717) is 30.0 Å². The van der Waals surface area contributed by atoms with Crippen molar-refractivity contribution in [3.8, 4) is 0 Å². The number of piperidine rings is 1. The lowest BCUT2D eigenvalue weighted by molar-refractivity contribution is -0.123. The summed E-state index contributed by atoms with van der Waals surface area (Å²) in [5.74, 6) is 2.50. The van der Waals surface area contributed by atoms with Gasteiger partial charge in [0, 0.05) is 24.5 Å². The van der Waals surface area contributed by atoms with Crippen LogP contribution in [0.1, 0.15) is 65.2 Å². The molecule has 3 aliphatic rings. The summed E-state index contributed by atoms with van der Waals surface area (Å²) in [5.41, 5.74) is 0. The van der Waals surface area contributed by atoms with Gasteiger partial charge in [0.25, 0.3) is 0 Å². The van der Waals surface area contributed by atoms with E-state index in [1.807, 2.05) is 0 Å². The summed E-state index contributed by atoms with van der Waals surface area (Å²) in [4.78, 5) is 12.3. The van der Waals surface area contributed by atoms with Gasteiger partial charge in [0.1, 0.15) is 0 Å². The lowest BCUT2D eigenvalue weighted by Crippen LogP contribution is -2.43. The van der Waals surface area contributed by atoms with Crippen molar-refractivity contribution in [2.75, 3.05) is 0 Å². The van der Waals surface area contributed by atoms with Gasteiger partial charge < -0.3 is 10.6 Å². The molecule has 1 amide bonds. The van der Waals surface area contributed by atoms with Gasteiger partial charge in [-0.05, 0) is 62.7 Å². The average Bonchev–Trinajstić information content (AvgIpc) is 2.73. The quantitative estimate of drug-likeness (QED) is 0.833. The second-order valence-electron chi connectivity index (χ2n) is 7.71. The zero-order valence-electron chi connectivity index (χ0n) is 13.0. The molecule has 2 saturated heterocycles. The predicted octanol–water partition coefficient (Wildman–Crippen LogP) is 2.85. The van der Waals surface area contributed by atoms with Crippen LogP contribution in [0, 0.1) is 17.8 Å². The predicted molar refractivity (Wildman–Crippen MR) is 81.4 cm³/mol. The molecule has 114 valence electrons. The second-order valence-corrected chi connectivity index (χ2v) is 7.71. The zero-order chi connectivity index (χ0) is 14.1. The minimum atomic E-state index is 0.308. The molecule has 3 fully saturated rings. The molecular weight excluding hydrogens is 248 g/mol. The van der Waals surface area contributed by atoms with E-state index in [9.17, 15) is 4.79 Å². The fourth-order valence-corrected chi connectivity index (χ4v) is 4.57. The number of carbonyl (C=O) groups is 1. The fraction of sp³-hybridized carbons (Fsp3) is 0.941. The van der Waals surface area contributed by atoms with Gasteiger partial charge >= 0.3 is 0 Å². The molecule has 2 N–H and O–H groups in total. The SMILES string of the molecule is CC1CCC(NC(=O)CC2CC3CCC(C2)N3)CC1C. The van der Waals surface area contributed by atoms with E-state index in [-0.39, 0.29) is 0 Å². The third-order valence-corrected chi connectivity index (χ3v) is 6.01. The molecule has 0 aromatic carbocycles. The van der Waals surface area contributed by atoms with E-state index >= 15 is 0 Å². The van der Waals surface area contributed by atoms with Gasteiger partial charge in [-0.1, -0.05) is 13.8 Å². The average molecular weight is 278 g/mol. The minimum Gasteiger partial charge on any atom is -0.353 e. The number of amides is 1. The van der Waals surface area contributed by atoms with Crippen molar-refractivity contribution >= 4 is 5.91 Å². The smallest absolute Gasteiger partial charge is 0.220 e. The van der Waals surface area contributed by atoms with Gasteiger partial charge in [0.2, 0.25) is 5.91 Å². The molecular formula is C17H30N2O. The van der Waals surface area contributed by atoms with Crippen LogP contribution in [0.3, 0.4) is 0 Å². The minimum absolute atomic E-state index is 0.308. The number of hydrogen-bond acceptors (Lipinski definition) is 2. The summed E-state index contributed by atoms with van der Waals surface area (Å²) >= 11 is 0. The van der Waals surface area contributed by atoms with E-state index < -0.39 is 0 Å². The Balaban J connectivity index is 1.43. The van der Waals surface area contributed by atoms with Crippen LogP contribution in [0.15, 0.2) is 0 Å². The first kappa shape index (κ1) is 14.4. The molecule has 0 aromatic heterocycles. The largest absolute Gasteiger partial charge is 0.353 e. The molecule has 5 unspecified atom stereocenters. The maximum atomic E-state index is 12.3. The number of nitrogens with one attached hydrogen (secondary N) is 2. The van der Waals surface area contributed by atoms with Crippen molar-refractivity contribution in [1.29, 1.82) is 0 Å². The Morgan fingerprint density at radius 1 is 1.00 bits per heavy atom. The molecule has 1 saturated carbocycles. The Bertz CT molecular complexity index is 345. The molecule has 2 aliphatic heterocycles. The van der Waals surface area contributed by atoms with E-state index in [1.165, 1.54) is 44.9 Å². The Morgan fingerprint density at radius 3 is 2.35 bits per heavy atom. The molecule has 3 rings (SSSR count). The third kappa shape index (κ3) is 3.36. The summed E-state index contributed by atoms with van der Waals surface area (Å²) in [6.45, 7) is 4.67. The molecule has 3 heteroatoms. The van der Waals surface area contributed by atoms with Crippen molar-refractivity contribution in [3.63, 3.8) is 0 Å². The van der Waals surface area contributed by atoms with Gasteiger partial charge in [0.15, 0.2) is 0 Å². The summed E-state index contributed by atoms with van der Waals surface area (Å²) < 4.78 is 0. The van der Waals surface area contributed by atoms with Crippen LogP contribution in [0.5, 0.6) is 0 Å². The highest BCUT2D eigenvalue weighted by atomic mass is 16.1. The summed E-state index contributed by atoms with van der Waals surface area (Å²) in [7, 11) is 0. The number of carbonyl (C=O) groups excluding carboxylic acids is 1. The van der Waals surface area contributed by atoms with E-state index in [4.69, 9.17) is 0 Å². The maximum Gasteiger partial charge on any atom is 0.220 e. The van der Waals surface area contributed by atoms with Crippen molar-refractivity contribution in [3.05, 3.63) is 0 Å². The highest BCUT2D eigenvalue weighted by molar-refractivity contribution is 5.76. The highest BCUT2D eigenvalue weighted by Crippen LogP contribution is 2.33. The third-order valence-electron chi connectivity index (χ3n) is 6.01. The van der Waals surface area contributed by atoms with E-state index in [0.717, 1.165) is 18.3 Å². The number of rotatable bonds is 3. The van der Waals surface area contributed by atoms with Crippen molar-refractivity contribution in [2.24, 2.45) is 17.8 Å². The first-order valence-electron chi connectivity index (χ1n) is 8.65.